The Kier molecular flexibility index (Phi) is 7.43. The Morgan fingerprint density at radius 3 is 2.00 bits per heavy atom. The summed E-state index contributed by atoms with van der Waals surface area (Å²) in [7, 11) is 0. The lowest BCUT2D eigenvalue weighted by atomic mass is 9.78. The Morgan fingerprint density at radius 1 is 0.861 bits per heavy atom. The maximum Gasteiger partial charge on any atom is 0.308 e. The number of β-lactam (4-membered cyclic amide) rings is 1. The summed E-state index contributed by atoms with van der Waals surface area (Å²) in [5, 5.41) is 0. The first-order chi connectivity index (χ1) is 17.2. The van der Waals surface area contributed by atoms with Crippen molar-refractivity contribution in [2.75, 3.05) is 4.90 Å². The average molecular weight is 494 g/mol. The van der Waals surface area contributed by atoms with Gasteiger partial charge in [-0.15, -0.1) is 0 Å². The van der Waals surface area contributed by atoms with Crippen molar-refractivity contribution in [3.8, 4) is 5.75 Å². The molecule has 0 bridgehead atoms. The van der Waals surface area contributed by atoms with Gasteiger partial charge in [-0.25, -0.2) is 8.78 Å². The molecule has 0 N–H and O–H groups in total. The predicted octanol–water partition coefficient (Wildman–Crippen LogP) is 5.68. The molecule has 36 heavy (non-hydrogen) atoms. The van der Waals surface area contributed by atoms with Gasteiger partial charge in [0.1, 0.15) is 23.5 Å². The topological polar surface area (TPSA) is 72.9 Å². The van der Waals surface area contributed by atoms with Crippen LogP contribution in [0.1, 0.15) is 50.0 Å². The molecule has 4 rings (SSSR count). The first-order valence-corrected chi connectivity index (χ1v) is 11.5. The molecule has 0 saturated carbocycles. The Morgan fingerprint density at radius 2 is 1.44 bits per heavy atom. The fraction of sp³-hybridized carbons (Fsp3) is 0.250. The van der Waals surface area contributed by atoms with Gasteiger partial charge in [-0.1, -0.05) is 24.3 Å². The zero-order valence-corrected chi connectivity index (χ0v) is 19.8. The second-order valence-corrected chi connectivity index (χ2v) is 8.63. The standard InChI is InChI=1S/C28H25F2NO5/c1-17(32)35-24-13-5-20(6-14-24)27-25(28(34)31(27)23-11-9-22(30)10-12-23)15-16-26(36-18(2)33)19-3-7-21(29)8-4-19/h3-14,25-27H,15-16H2,1-2H3/t25-,26?,27-/m1/s1. The van der Waals surface area contributed by atoms with Crippen molar-refractivity contribution in [3.05, 3.63) is 95.6 Å². The van der Waals surface area contributed by atoms with E-state index in [1.165, 1.54) is 38.1 Å². The fourth-order valence-corrected chi connectivity index (χ4v) is 4.50. The van der Waals surface area contributed by atoms with E-state index in [2.05, 4.69) is 0 Å². The van der Waals surface area contributed by atoms with Gasteiger partial charge in [-0.2, -0.15) is 0 Å². The minimum absolute atomic E-state index is 0.142. The van der Waals surface area contributed by atoms with Crippen LogP contribution < -0.4 is 9.64 Å². The van der Waals surface area contributed by atoms with E-state index in [4.69, 9.17) is 9.47 Å². The van der Waals surface area contributed by atoms with Gasteiger partial charge in [-0.3, -0.25) is 14.4 Å². The van der Waals surface area contributed by atoms with Gasteiger partial charge in [0.15, 0.2) is 0 Å². The number of anilines is 1. The number of hydrogen-bond donors (Lipinski definition) is 0. The van der Waals surface area contributed by atoms with E-state index < -0.39 is 35.6 Å². The smallest absolute Gasteiger partial charge is 0.308 e. The van der Waals surface area contributed by atoms with Crippen molar-refractivity contribution < 1.29 is 32.6 Å². The summed E-state index contributed by atoms with van der Waals surface area (Å²) in [6.45, 7) is 2.61. The number of nitrogens with zero attached hydrogens (tertiary/aromatic N) is 1. The second kappa shape index (κ2) is 10.7. The summed E-state index contributed by atoms with van der Waals surface area (Å²) >= 11 is 0. The fourth-order valence-electron chi connectivity index (χ4n) is 4.50. The molecule has 3 aromatic rings. The van der Waals surface area contributed by atoms with Crippen molar-refractivity contribution in [1.29, 1.82) is 0 Å². The third-order valence-electron chi connectivity index (χ3n) is 6.09. The van der Waals surface area contributed by atoms with Gasteiger partial charge >= 0.3 is 11.9 Å². The highest BCUT2D eigenvalue weighted by Gasteiger charge is 2.48. The van der Waals surface area contributed by atoms with Crippen LogP contribution in [0, 0.1) is 17.6 Å². The van der Waals surface area contributed by atoms with Crippen LogP contribution in [0.25, 0.3) is 0 Å². The second-order valence-electron chi connectivity index (χ2n) is 8.63. The molecule has 8 heteroatoms. The number of amides is 1. The summed E-state index contributed by atoms with van der Waals surface area (Å²) in [6.07, 6.45) is 0.103. The first-order valence-electron chi connectivity index (χ1n) is 11.5. The van der Waals surface area contributed by atoms with Crippen LogP contribution in [0.5, 0.6) is 5.75 Å². The zero-order chi connectivity index (χ0) is 25.8. The Hall–Kier alpha value is -4.07. The summed E-state index contributed by atoms with van der Waals surface area (Å²) in [5.74, 6) is -1.92. The molecular formula is C28H25F2NO5. The SMILES string of the molecule is CC(=O)Oc1ccc([C@@H]2[C@@H](CCC(OC(C)=O)c3ccc(F)cc3)C(=O)N2c2ccc(F)cc2)cc1. The largest absolute Gasteiger partial charge is 0.458 e. The third kappa shape index (κ3) is 5.59. The molecular weight excluding hydrogens is 468 g/mol. The molecule has 3 atom stereocenters. The molecule has 186 valence electrons. The Labute approximate surface area is 207 Å². The van der Waals surface area contributed by atoms with Crippen LogP contribution in [-0.2, 0) is 19.1 Å². The number of ether oxygens (including phenoxy) is 2. The van der Waals surface area contributed by atoms with E-state index in [-0.39, 0.29) is 11.9 Å². The molecule has 6 nitrogen and oxygen atoms in total. The lowest BCUT2D eigenvalue weighted by Gasteiger charge is -2.48. The number of halogens is 2. The molecule has 1 saturated heterocycles. The molecule has 0 spiro atoms. The monoisotopic (exact) mass is 493 g/mol. The van der Waals surface area contributed by atoms with E-state index in [1.807, 2.05) is 0 Å². The highest BCUT2D eigenvalue weighted by molar-refractivity contribution is 6.03. The van der Waals surface area contributed by atoms with Crippen molar-refractivity contribution in [2.24, 2.45) is 5.92 Å². The molecule has 1 aliphatic heterocycles. The molecule has 0 aromatic heterocycles. The van der Waals surface area contributed by atoms with E-state index in [1.54, 1.807) is 53.4 Å². The first kappa shape index (κ1) is 25.0. The van der Waals surface area contributed by atoms with Gasteiger partial charge in [0.25, 0.3) is 0 Å². The van der Waals surface area contributed by atoms with Crippen molar-refractivity contribution in [3.63, 3.8) is 0 Å². The van der Waals surface area contributed by atoms with E-state index in [0.29, 0.717) is 29.8 Å². The number of carbonyl (C=O) groups excluding carboxylic acids is 3. The van der Waals surface area contributed by atoms with E-state index in [0.717, 1.165) is 5.56 Å². The minimum Gasteiger partial charge on any atom is -0.458 e. The molecule has 0 radical (unpaired) electrons. The maximum absolute atomic E-state index is 13.5. The number of carbonyl (C=O) groups is 3. The summed E-state index contributed by atoms with van der Waals surface area (Å²) in [4.78, 5) is 37.8. The molecule has 1 heterocycles. The highest BCUT2D eigenvalue weighted by Crippen LogP contribution is 2.46. The number of rotatable bonds is 8. The lowest BCUT2D eigenvalue weighted by Crippen LogP contribution is -2.55. The quantitative estimate of drug-likeness (QED) is 0.229. The van der Waals surface area contributed by atoms with Crippen LogP contribution in [0.4, 0.5) is 14.5 Å². The molecule has 3 aromatic carbocycles. The Bertz CT molecular complexity index is 1240. The lowest BCUT2D eigenvalue weighted by molar-refractivity contribution is -0.147. The predicted molar refractivity (Wildman–Crippen MR) is 128 cm³/mol. The number of hydrogen-bond acceptors (Lipinski definition) is 5. The molecule has 1 aliphatic rings. The van der Waals surface area contributed by atoms with Gasteiger partial charge < -0.3 is 14.4 Å². The van der Waals surface area contributed by atoms with Gasteiger partial charge in [0.05, 0.1) is 12.0 Å². The van der Waals surface area contributed by atoms with Gasteiger partial charge in [0, 0.05) is 19.5 Å². The van der Waals surface area contributed by atoms with Crippen LogP contribution in [0.15, 0.2) is 72.8 Å². The maximum atomic E-state index is 13.5. The normalized spacial score (nSPS) is 17.8. The summed E-state index contributed by atoms with van der Waals surface area (Å²) in [6, 6.07) is 17.9. The minimum atomic E-state index is -0.636. The van der Waals surface area contributed by atoms with Crippen LogP contribution >= 0.6 is 0 Å². The van der Waals surface area contributed by atoms with E-state index >= 15 is 0 Å². The van der Waals surface area contributed by atoms with Crippen molar-refractivity contribution >= 4 is 23.5 Å². The molecule has 0 aliphatic carbocycles. The number of benzene rings is 3. The van der Waals surface area contributed by atoms with Gasteiger partial charge in [-0.05, 0) is 72.5 Å². The van der Waals surface area contributed by atoms with E-state index in [9.17, 15) is 23.2 Å². The van der Waals surface area contributed by atoms with Gasteiger partial charge in [0.2, 0.25) is 5.91 Å². The molecule has 1 unspecified atom stereocenters. The summed E-state index contributed by atoms with van der Waals surface area (Å²) < 4.78 is 37.5. The number of esters is 2. The Balaban J connectivity index is 1.59. The van der Waals surface area contributed by atoms with Crippen LogP contribution in [0.3, 0.4) is 0 Å². The van der Waals surface area contributed by atoms with Crippen molar-refractivity contribution in [1.82, 2.24) is 0 Å². The molecule has 1 amide bonds. The van der Waals surface area contributed by atoms with Crippen LogP contribution in [-0.4, -0.2) is 17.8 Å². The highest BCUT2D eigenvalue weighted by atomic mass is 19.1. The summed E-state index contributed by atoms with van der Waals surface area (Å²) in [5.41, 5.74) is 2.00. The zero-order valence-electron chi connectivity index (χ0n) is 19.8. The molecule has 1 fully saturated rings. The average Bonchev–Trinajstić information content (AvgIpc) is 2.83. The van der Waals surface area contributed by atoms with Crippen LogP contribution in [0.2, 0.25) is 0 Å². The third-order valence-corrected chi connectivity index (χ3v) is 6.09. The van der Waals surface area contributed by atoms with Crippen molar-refractivity contribution in [2.45, 2.75) is 38.8 Å².